The van der Waals surface area contributed by atoms with Crippen molar-refractivity contribution in [1.29, 1.82) is 0 Å². The molecule has 3 nitrogen and oxygen atoms in total. The van der Waals surface area contributed by atoms with Crippen molar-refractivity contribution in [3.8, 4) is 5.75 Å². The first-order valence-corrected chi connectivity index (χ1v) is 5.50. The number of halogens is 4. The predicted molar refractivity (Wildman–Crippen MR) is 68.5 cm³/mol. The van der Waals surface area contributed by atoms with Crippen LogP contribution in [-0.2, 0) is 6.18 Å². The lowest BCUT2D eigenvalue weighted by atomic mass is 9.95. The molecule has 110 valence electrons. The Morgan fingerprint density at radius 3 is 2.37 bits per heavy atom. The number of rotatable bonds is 4. The molecule has 0 bridgehead atoms. The van der Waals surface area contributed by atoms with E-state index in [1.807, 2.05) is 0 Å². The minimum absolute atomic E-state index is 0. The maximum Gasteiger partial charge on any atom is 0.416 e. The van der Waals surface area contributed by atoms with E-state index in [0.717, 1.165) is 6.07 Å². The molecule has 0 fully saturated rings. The Bertz CT molecular complexity index is 412. The second-order valence-electron chi connectivity index (χ2n) is 3.95. The molecule has 0 heterocycles. The van der Waals surface area contributed by atoms with Crippen molar-refractivity contribution in [1.82, 2.24) is 0 Å². The number of ether oxygens (including phenoxy) is 1. The normalized spacial score (nSPS) is 14.5. The highest BCUT2D eigenvalue weighted by atomic mass is 35.5. The molecule has 7 heteroatoms. The molecule has 0 aromatic heterocycles. The van der Waals surface area contributed by atoms with Gasteiger partial charge in [0.2, 0.25) is 0 Å². The minimum atomic E-state index is -4.53. The van der Waals surface area contributed by atoms with Crippen LogP contribution < -0.4 is 10.5 Å². The molecule has 0 saturated heterocycles. The lowest BCUT2D eigenvalue weighted by Crippen LogP contribution is -2.28. The molecule has 0 aliphatic heterocycles. The van der Waals surface area contributed by atoms with Gasteiger partial charge in [0, 0.05) is 0 Å². The summed E-state index contributed by atoms with van der Waals surface area (Å²) in [7, 11) is 1.29. The Labute approximate surface area is 116 Å². The lowest BCUT2D eigenvalue weighted by molar-refractivity contribution is -0.138. The molecular formula is C12H17ClF3NO2. The molecule has 1 aromatic carbocycles. The molecule has 2 atom stereocenters. The number of nitrogens with two attached hydrogens (primary N) is 1. The van der Waals surface area contributed by atoms with Crippen molar-refractivity contribution in [2.45, 2.75) is 31.7 Å². The number of alkyl halides is 3. The highest BCUT2D eigenvalue weighted by Crippen LogP contribution is 2.37. The highest BCUT2D eigenvalue weighted by molar-refractivity contribution is 5.85. The molecule has 0 spiro atoms. The van der Waals surface area contributed by atoms with Gasteiger partial charge >= 0.3 is 6.18 Å². The molecule has 3 N–H and O–H groups in total. The van der Waals surface area contributed by atoms with Crippen molar-refractivity contribution in [2.75, 3.05) is 7.11 Å². The van der Waals surface area contributed by atoms with E-state index in [9.17, 15) is 18.3 Å². The first kappa shape index (κ1) is 18.0. The van der Waals surface area contributed by atoms with Crippen molar-refractivity contribution in [3.63, 3.8) is 0 Å². The van der Waals surface area contributed by atoms with Crippen molar-refractivity contribution in [3.05, 3.63) is 29.3 Å². The Balaban J connectivity index is 0.00000324. The summed E-state index contributed by atoms with van der Waals surface area (Å²) >= 11 is 0. The Morgan fingerprint density at radius 1 is 1.37 bits per heavy atom. The zero-order chi connectivity index (χ0) is 13.9. The first-order valence-electron chi connectivity index (χ1n) is 5.50. The van der Waals surface area contributed by atoms with Gasteiger partial charge in [-0.1, -0.05) is 13.0 Å². The molecule has 19 heavy (non-hydrogen) atoms. The zero-order valence-corrected chi connectivity index (χ0v) is 11.4. The second kappa shape index (κ2) is 6.98. The number of aliphatic hydroxyl groups excluding tert-OH is 1. The fraction of sp³-hybridized carbons (Fsp3) is 0.500. The van der Waals surface area contributed by atoms with E-state index in [0.29, 0.717) is 0 Å². The average Bonchev–Trinajstić information content (AvgIpc) is 2.35. The van der Waals surface area contributed by atoms with Gasteiger partial charge in [-0.2, -0.15) is 13.2 Å². The van der Waals surface area contributed by atoms with Gasteiger partial charge < -0.3 is 15.6 Å². The molecular weight excluding hydrogens is 283 g/mol. The molecule has 1 rings (SSSR count). The van der Waals surface area contributed by atoms with Gasteiger partial charge in [0.05, 0.1) is 24.8 Å². The zero-order valence-electron chi connectivity index (χ0n) is 10.6. The third-order valence-corrected chi connectivity index (χ3v) is 2.76. The quantitative estimate of drug-likeness (QED) is 0.899. The second-order valence-corrected chi connectivity index (χ2v) is 3.95. The monoisotopic (exact) mass is 299 g/mol. The summed E-state index contributed by atoms with van der Waals surface area (Å²) in [6.07, 6.45) is -5.26. The van der Waals surface area contributed by atoms with Crippen LogP contribution in [0.25, 0.3) is 0 Å². The van der Waals surface area contributed by atoms with Gasteiger partial charge in [0.15, 0.2) is 0 Å². The van der Waals surface area contributed by atoms with Crippen LogP contribution in [0.2, 0.25) is 0 Å². The maximum atomic E-state index is 12.9. The van der Waals surface area contributed by atoms with Crippen LogP contribution in [0.15, 0.2) is 18.2 Å². The van der Waals surface area contributed by atoms with E-state index in [2.05, 4.69) is 0 Å². The van der Waals surface area contributed by atoms with E-state index in [1.54, 1.807) is 6.92 Å². The summed E-state index contributed by atoms with van der Waals surface area (Å²) in [5.41, 5.74) is 4.65. The predicted octanol–water partition coefficient (Wildman–Crippen LogP) is 2.91. The summed E-state index contributed by atoms with van der Waals surface area (Å²) in [4.78, 5) is 0. The standard InChI is InChI=1S/C12H16F3NO2.ClH/c1-3-10(17)11(16)8-5-4-7(18-2)6-9(8)12(13,14)15;/h4-6,10-11,17H,3,16H2,1-2H3;1H/t10-,11+;/m1./s1. The number of hydrogen-bond acceptors (Lipinski definition) is 3. The Kier molecular flexibility index (Phi) is 6.62. The summed E-state index contributed by atoms with van der Waals surface area (Å²) in [5.74, 6) is 0.101. The van der Waals surface area contributed by atoms with Gasteiger partial charge in [-0.15, -0.1) is 12.4 Å². The largest absolute Gasteiger partial charge is 0.497 e. The fourth-order valence-electron chi connectivity index (χ4n) is 1.66. The van der Waals surface area contributed by atoms with E-state index >= 15 is 0 Å². The van der Waals surface area contributed by atoms with Gasteiger partial charge in [0.1, 0.15) is 5.75 Å². The maximum absolute atomic E-state index is 12.9. The van der Waals surface area contributed by atoms with Crippen LogP contribution in [0.1, 0.15) is 30.5 Å². The molecule has 0 radical (unpaired) electrons. The molecule has 0 amide bonds. The number of aliphatic hydroxyl groups is 1. The smallest absolute Gasteiger partial charge is 0.416 e. The summed E-state index contributed by atoms with van der Waals surface area (Å²) in [6.45, 7) is 1.65. The lowest BCUT2D eigenvalue weighted by Gasteiger charge is -2.22. The van der Waals surface area contributed by atoms with Crippen LogP contribution in [0.3, 0.4) is 0 Å². The Hall–Kier alpha value is -0.980. The fourth-order valence-corrected chi connectivity index (χ4v) is 1.66. The van der Waals surface area contributed by atoms with Gasteiger partial charge in [-0.25, -0.2) is 0 Å². The van der Waals surface area contributed by atoms with Crippen LogP contribution in [0.4, 0.5) is 13.2 Å². The third-order valence-electron chi connectivity index (χ3n) is 2.76. The van der Waals surface area contributed by atoms with Gasteiger partial charge in [-0.05, 0) is 24.1 Å². The molecule has 0 aliphatic rings. The van der Waals surface area contributed by atoms with Crippen molar-refractivity contribution >= 4 is 12.4 Å². The van der Waals surface area contributed by atoms with Crippen LogP contribution in [0.5, 0.6) is 5.75 Å². The number of hydrogen-bond donors (Lipinski definition) is 2. The van der Waals surface area contributed by atoms with Crippen molar-refractivity contribution < 1.29 is 23.0 Å². The van der Waals surface area contributed by atoms with Gasteiger partial charge in [0.25, 0.3) is 0 Å². The summed E-state index contributed by atoms with van der Waals surface area (Å²) in [6, 6.07) is 2.45. The Morgan fingerprint density at radius 2 is 1.95 bits per heavy atom. The highest BCUT2D eigenvalue weighted by Gasteiger charge is 2.36. The summed E-state index contributed by atoms with van der Waals surface area (Å²) in [5, 5.41) is 9.57. The number of methoxy groups -OCH3 is 1. The van der Waals surface area contributed by atoms with Crippen LogP contribution in [-0.4, -0.2) is 18.3 Å². The van der Waals surface area contributed by atoms with E-state index < -0.39 is 23.9 Å². The third kappa shape index (κ3) is 4.26. The van der Waals surface area contributed by atoms with Crippen LogP contribution in [0, 0.1) is 0 Å². The molecule has 1 aromatic rings. The van der Waals surface area contributed by atoms with E-state index in [1.165, 1.54) is 19.2 Å². The topological polar surface area (TPSA) is 55.5 Å². The molecule has 0 unspecified atom stereocenters. The SMILES string of the molecule is CC[C@@H](O)[C@@H](N)c1ccc(OC)cc1C(F)(F)F.Cl. The molecule has 0 saturated carbocycles. The van der Waals surface area contributed by atoms with E-state index in [-0.39, 0.29) is 30.1 Å². The van der Waals surface area contributed by atoms with Crippen molar-refractivity contribution in [2.24, 2.45) is 5.73 Å². The van der Waals surface area contributed by atoms with Crippen LogP contribution >= 0.6 is 12.4 Å². The van der Waals surface area contributed by atoms with Gasteiger partial charge in [-0.3, -0.25) is 0 Å². The first-order chi connectivity index (χ1) is 8.31. The number of benzene rings is 1. The average molecular weight is 300 g/mol. The van der Waals surface area contributed by atoms with E-state index in [4.69, 9.17) is 10.5 Å². The molecule has 0 aliphatic carbocycles. The summed E-state index contributed by atoms with van der Waals surface area (Å²) < 4.78 is 43.5. The minimum Gasteiger partial charge on any atom is -0.497 e.